The van der Waals surface area contributed by atoms with Crippen LogP contribution in [0, 0.1) is 6.92 Å². The van der Waals surface area contributed by atoms with Crippen LogP contribution in [0.1, 0.15) is 24.5 Å². The minimum atomic E-state index is 0.175. The molecule has 14 heavy (non-hydrogen) atoms. The van der Waals surface area contributed by atoms with Crippen LogP contribution < -0.4 is 5.32 Å². The van der Waals surface area contributed by atoms with E-state index < -0.39 is 0 Å². The van der Waals surface area contributed by atoms with Gasteiger partial charge in [0.2, 0.25) is 0 Å². The number of nitrogens with one attached hydrogen (secondary N) is 1. The van der Waals surface area contributed by atoms with E-state index in [1.165, 1.54) is 0 Å². The number of aromatic nitrogens is 4. The third-order valence-electron chi connectivity index (χ3n) is 2.28. The second-order valence-corrected chi connectivity index (χ2v) is 3.33. The van der Waals surface area contributed by atoms with Gasteiger partial charge in [-0.2, -0.15) is 0 Å². The highest BCUT2D eigenvalue weighted by molar-refractivity contribution is 5.38. The summed E-state index contributed by atoms with van der Waals surface area (Å²) < 4.78 is 1.90. The molecule has 0 aliphatic rings. The molecule has 0 spiro atoms. The van der Waals surface area contributed by atoms with E-state index in [2.05, 4.69) is 20.5 Å². The molecule has 5 heteroatoms. The molecule has 2 aromatic rings. The molecule has 0 aromatic carbocycles. The third kappa shape index (κ3) is 1.35. The van der Waals surface area contributed by atoms with Crippen LogP contribution >= 0.6 is 0 Å². The summed E-state index contributed by atoms with van der Waals surface area (Å²) in [5.41, 5.74) is 1.79. The maximum atomic E-state index is 4.21. The van der Waals surface area contributed by atoms with Gasteiger partial charge < -0.3 is 5.32 Å². The van der Waals surface area contributed by atoms with E-state index in [0.717, 1.165) is 17.2 Å². The fourth-order valence-corrected chi connectivity index (χ4v) is 1.33. The van der Waals surface area contributed by atoms with Gasteiger partial charge in [0.05, 0.1) is 6.04 Å². The molecule has 5 nitrogen and oxygen atoms in total. The molecule has 1 unspecified atom stereocenters. The fraction of sp³-hybridized carbons (Fsp3) is 0.444. The van der Waals surface area contributed by atoms with Gasteiger partial charge in [-0.1, -0.05) is 0 Å². The van der Waals surface area contributed by atoms with Crippen LogP contribution in [-0.2, 0) is 0 Å². The van der Waals surface area contributed by atoms with Crippen LogP contribution in [0.5, 0.6) is 0 Å². The zero-order valence-electron chi connectivity index (χ0n) is 8.52. The first-order valence-electron chi connectivity index (χ1n) is 4.57. The molecule has 0 aliphatic heterocycles. The summed E-state index contributed by atoms with van der Waals surface area (Å²) in [6, 6.07) is 2.09. The zero-order valence-corrected chi connectivity index (χ0v) is 8.52. The Morgan fingerprint density at radius 1 is 1.43 bits per heavy atom. The van der Waals surface area contributed by atoms with Crippen molar-refractivity contribution in [2.45, 2.75) is 19.9 Å². The van der Waals surface area contributed by atoms with E-state index in [1.54, 1.807) is 6.33 Å². The molecular formula is C9H13N5. The van der Waals surface area contributed by atoms with E-state index in [0.29, 0.717) is 0 Å². The maximum Gasteiger partial charge on any atom is 0.163 e. The zero-order chi connectivity index (χ0) is 10.1. The Morgan fingerprint density at radius 2 is 2.21 bits per heavy atom. The van der Waals surface area contributed by atoms with Gasteiger partial charge in [0.15, 0.2) is 11.5 Å². The van der Waals surface area contributed by atoms with Gasteiger partial charge in [-0.25, -0.2) is 4.98 Å². The Bertz CT molecular complexity index is 447. The summed E-state index contributed by atoms with van der Waals surface area (Å²) in [6.07, 6.45) is 1.76. The Kier molecular flexibility index (Phi) is 2.17. The van der Waals surface area contributed by atoms with E-state index in [-0.39, 0.29) is 6.04 Å². The highest BCUT2D eigenvalue weighted by Crippen LogP contribution is 2.10. The number of fused-ring (bicyclic) bond motifs is 1. The lowest BCUT2D eigenvalue weighted by Gasteiger charge is -2.06. The average Bonchev–Trinajstić information content (AvgIpc) is 2.59. The minimum absolute atomic E-state index is 0.175. The largest absolute Gasteiger partial charge is 0.311 e. The summed E-state index contributed by atoms with van der Waals surface area (Å²) >= 11 is 0. The molecule has 2 heterocycles. The molecule has 0 saturated heterocycles. The lowest BCUT2D eigenvalue weighted by atomic mass is 10.3. The van der Waals surface area contributed by atoms with Gasteiger partial charge in [0.1, 0.15) is 6.33 Å². The highest BCUT2D eigenvalue weighted by Gasteiger charge is 2.11. The first kappa shape index (κ1) is 9.08. The minimum Gasteiger partial charge on any atom is -0.311 e. The van der Waals surface area contributed by atoms with Crippen molar-refractivity contribution in [3.63, 3.8) is 0 Å². The van der Waals surface area contributed by atoms with Gasteiger partial charge >= 0.3 is 0 Å². The SMILES string of the molecule is CNC(C)c1nnc2cc(C)ncn12. The average molecular weight is 191 g/mol. The first-order valence-corrected chi connectivity index (χ1v) is 4.57. The van der Waals surface area contributed by atoms with Gasteiger partial charge in [0, 0.05) is 11.8 Å². The van der Waals surface area contributed by atoms with Crippen molar-refractivity contribution in [1.29, 1.82) is 0 Å². The third-order valence-corrected chi connectivity index (χ3v) is 2.28. The van der Waals surface area contributed by atoms with Crippen molar-refractivity contribution in [3.05, 3.63) is 23.9 Å². The van der Waals surface area contributed by atoms with E-state index in [9.17, 15) is 0 Å². The lowest BCUT2D eigenvalue weighted by molar-refractivity contribution is 0.602. The van der Waals surface area contributed by atoms with Crippen LogP contribution in [-0.4, -0.2) is 26.6 Å². The van der Waals surface area contributed by atoms with Crippen LogP contribution in [0.2, 0.25) is 0 Å². The topological polar surface area (TPSA) is 55.1 Å². The summed E-state index contributed by atoms with van der Waals surface area (Å²) in [6.45, 7) is 3.98. The Morgan fingerprint density at radius 3 is 2.93 bits per heavy atom. The van der Waals surface area contributed by atoms with E-state index in [1.807, 2.05) is 31.4 Å². The number of rotatable bonds is 2. The fourth-order valence-electron chi connectivity index (χ4n) is 1.33. The maximum absolute atomic E-state index is 4.21. The van der Waals surface area contributed by atoms with E-state index in [4.69, 9.17) is 0 Å². The number of nitrogens with zero attached hydrogens (tertiary/aromatic N) is 4. The Balaban J connectivity index is 2.58. The van der Waals surface area contributed by atoms with Gasteiger partial charge in [0.25, 0.3) is 0 Å². The molecular weight excluding hydrogens is 178 g/mol. The predicted molar refractivity (Wildman–Crippen MR) is 53.0 cm³/mol. The van der Waals surface area contributed by atoms with Crippen molar-refractivity contribution in [2.75, 3.05) is 7.05 Å². The second-order valence-electron chi connectivity index (χ2n) is 3.33. The molecule has 1 N–H and O–H groups in total. The van der Waals surface area contributed by atoms with Crippen molar-refractivity contribution in [3.8, 4) is 0 Å². The van der Waals surface area contributed by atoms with Crippen molar-refractivity contribution < 1.29 is 0 Å². The molecule has 1 atom stereocenters. The van der Waals surface area contributed by atoms with E-state index >= 15 is 0 Å². The van der Waals surface area contributed by atoms with Crippen molar-refractivity contribution >= 4 is 5.65 Å². The Labute approximate surface area is 82.2 Å². The highest BCUT2D eigenvalue weighted by atomic mass is 15.3. The molecule has 2 aromatic heterocycles. The number of aryl methyl sites for hydroxylation is 1. The lowest BCUT2D eigenvalue weighted by Crippen LogP contribution is -2.15. The summed E-state index contributed by atoms with van der Waals surface area (Å²) in [4.78, 5) is 4.21. The summed E-state index contributed by atoms with van der Waals surface area (Å²) in [5, 5.41) is 11.3. The van der Waals surface area contributed by atoms with Crippen molar-refractivity contribution in [1.82, 2.24) is 24.9 Å². The van der Waals surface area contributed by atoms with Gasteiger partial charge in [-0.3, -0.25) is 4.40 Å². The number of hydrogen-bond acceptors (Lipinski definition) is 4. The Hall–Kier alpha value is -1.49. The van der Waals surface area contributed by atoms with Crippen LogP contribution in [0.15, 0.2) is 12.4 Å². The molecule has 74 valence electrons. The quantitative estimate of drug-likeness (QED) is 0.759. The molecule has 0 radical (unpaired) electrons. The standard InChI is InChI=1S/C9H13N5/c1-6-4-8-12-13-9(7(2)10-3)14(8)5-11-6/h4-5,7,10H,1-3H3. The van der Waals surface area contributed by atoms with Crippen LogP contribution in [0.25, 0.3) is 5.65 Å². The number of hydrogen-bond donors (Lipinski definition) is 1. The van der Waals surface area contributed by atoms with Crippen LogP contribution in [0.3, 0.4) is 0 Å². The summed E-state index contributed by atoms with van der Waals surface area (Å²) in [5.74, 6) is 0.884. The molecule has 2 rings (SSSR count). The summed E-state index contributed by atoms with van der Waals surface area (Å²) in [7, 11) is 1.90. The second kappa shape index (κ2) is 3.34. The van der Waals surface area contributed by atoms with Gasteiger partial charge in [-0.05, 0) is 20.9 Å². The molecule has 0 saturated carbocycles. The normalized spacial score (nSPS) is 13.4. The monoisotopic (exact) mass is 191 g/mol. The predicted octanol–water partition coefficient (Wildman–Crippen LogP) is 0.713. The van der Waals surface area contributed by atoms with Crippen LogP contribution in [0.4, 0.5) is 0 Å². The van der Waals surface area contributed by atoms with Crippen molar-refractivity contribution in [2.24, 2.45) is 0 Å². The molecule has 0 fully saturated rings. The first-order chi connectivity index (χ1) is 6.72. The molecule has 0 aliphatic carbocycles. The molecule has 0 bridgehead atoms. The molecule has 0 amide bonds. The smallest absolute Gasteiger partial charge is 0.163 e. The van der Waals surface area contributed by atoms with Gasteiger partial charge in [-0.15, -0.1) is 10.2 Å².